The van der Waals surface area contributed by atoms with Gasteiger partial charge in [0.15, 0.2) is 5.69 Å². The number of hydrogen-bond donors (Lipinski definition) is 2. The van der Waals surface area contributed by atoms with Crippen LogP contribution >= 0.6 is 0 Å². The minimum absolute atomic E-state index is 0.138. The smallest absolute Gasteiger partial charge is 0.267 e. The van der Waals surface area contributed by atoms with E-state index < -0.39 is 11.4 Å². The molecule has 2 amide bonds. The fourth-order valence-corrected chi connectivity index (χ4v) is 1.89. The largest absolute Gasteiger partial charge is 0.294 e. The summed E-state index contributed by atoms with van der Waals surface area (Å²) in [4.78, 5) is 24.9. The Labute approximate surface area is 128 Å². The third-order valence-electron chi connectivity index (χ3n) is 3.00. The molecule has 0 atom stereocenters. The van der Waals surface area contributed by atoms with Gasteiger partial charge in [0.05, 0.1) is 11.7 Å². The van der Waals surface area contributed by atoms with Crippen molar-refractivity contribution >= 4 is 11.8 Å². The number of benzene rings is 1. The Balaban J connectivity index is 2.24. The Bertz CT molecular complexity index is 673. The summed E-state index contributed by atoms with van der Waals surface area (Å²) in [5, 5.41) is 11.0. The Hall–Kier alpha value is -2.70. The van der Waals surface area contributed by atoms with E-state index in [0.29, 0.717) is 5.56 Å². The fourth-order valence-electron chi connectivity index (χ4n) is 1.89. The summed E-state index contributed by atoms with van der Waals surface area (Å²) in [6.45, 7) is 7.36. The predicted octanol–water partition coefficient (Wildman–Crippen LogP) is 1.70. The third-order valence-corrected chi connectivity index (χ3v) is 3.00. The van der Waals surface area contributed by atoms with E-state index >= 15 is 0 Å². The highest BCUT2D eigenvalue weighted by Gasteiger charge is 2.30. The molecule has 7 nitrogen and oxygen atoms in total. The third kappa shape index (κ3) is 3.49. The molecule has 0 fully saturated rings. The first-order valence-corrected chi connectivity index (χ1v) is 6.87. The number of H-pyrrole nitrogens is 1. The van der Waals surface area contributed by atoms with Gasteiger partial charge in [-0.25, -0.2) is 5.01 Å². The lowest BCUT2D eigenvalue weighted by Gasteiger charge is -2.34. The lowest BCUT2D eigenvalue weighted by molar-refractivity contribution is 0.0353. The van der Waals surface area contributed by atoms with E-state index in [0.717, 1.165) is 5.56 Å². The molecule has 1 aromatic heterocycles. The highest BCUT2D eigenvalue weighted by Crippen LogP contribution is 2.14. The van der Waals surface area contributed by atoms with E-state index in [2.05, 4.69) is 20.8 Å². The number of aromatic nitrogens is 3. The zero-order valence-electron chi connectivity index (χ0n) is 13.0. The van der Waals surface area contributed by atoms with E-state index in [1.807, 2.05) is 33.8 Å². The van der Waals surface area contributed by atoms with Gasteiger partial charge < -0.3 is 0 Å². The van der Waals surface area contributed by atoms with Crippen LogP contribution in [0.3, 0.4) is 0 Å². The number of carbonyl (C=O) groups excluding carboxylic acids is 2. The van der Waals surface area contributed by atoms with Crippen molar-refractivity contribution in [3.63, 3.8) is 0 Å². The number of nitrogens with zero attached hydrogens (tertiary/aromatic N) is 3. The number of nitrogens with one attached hydrogen (secondary N) is 2. The molecule has 1 aromatic carbocycles. The maximum atomic E-state index is 12.5. The second kappa shape index (κ2) is 5.97. The van der Waals surface area contributed by atoms with Crippen molar-refractivity contribution in [3.8, 4) is 0 Å². The van der Waals surface area contributed by atoms with Crippen LogP contribution in [0, 0.1) is 6.92 Å². The number of rotatable bonds is 2. The molecular formula is C15H19N5O2. The summed E-state index contributed by atoms with van der Waals surface area (Å²) in [6.07, 6.45) is 1.32. The van der Waals surface area contributed by atoms with Crippen molar-refractivity contribution < 1.29 is 9.59 Å². The van der Waals surface area contributed by atoms with Gasteiger partial charge in [0, 0.05) is 5.56 Å². The summed E-state index contributed by atoms with van der Waals surface area (Å²) in [5.41, 5.74) is 3.63. The Morgan fingerprint density at radius 1 is 1.27 bits per heavy atom. The summed E-state index contributed by atoms with van der Waals surface area (Å²) >= 11 is 0. The van der Waals surface area contributed by atoms with E-state index in [1.54, 1.807) is 18.2 Å². The molecular weight excluding hydrogens is 282 g/mol. The standard InChI is InChI=1S/C15H19N5O2/c1-10-6-5-7-11(8-10)13(21)18-20(15(2,3)4)14(22)12-9-16-19-17-12/h5-9H,1-4H3,(H,18,21)(H,16,17,19). The lowest BCUT2D eigenvalue weighted by Crippen LogP contribution is -2.56. The maximum absolute atomic E-state index is 12.5. The van der Waals surface area contributed by atoms with Crippen molar-refractivity contribution in [2.75, 3.05) is 0 Å². The second-order valence-corrected chi connectivity index (χ2v) is 5.98. The quantitative estimate of drug-likeness (QED) is 0.826. The van der Waals surface area contributed by atoms with Gasteiger partial charge in [0.2, 0.25) is 0 Å². The monoisotopic (exact) mass is 301 g/mol. The molecule has 0 saturated heterocycles. The molecule has 22 heavy (non-hydrogen) atoms. The number of amides is 2. The first kappa shape index (κ1) is 15.7. The van der Waals surface area contributed by atoms with Gasteiger partial charge >= 0.3 is 0 Å². The minimum Gasteiger partial charge on any atom is -0.267 e. The predicted molar refractivity (Wildman–Crippen MR) is 81.0 cm³/mol. The lowest BCUT2D eigenvalue weighted by atomic mass is 10.1. The van der Waals surface area contributed by atoms with Gasteiger partial charge in [-0.1, -0.05) is 17.7 Å². The topological polar surface area (TPSA) is 91.0 Å². The van der Waals surface area contributed by atoms with Crippen LogP contribution in [-0.4, -0.2) is 37.8 Å². The Kier molecular flexibility index (Phi) is 4.25. The van der Waals surface area contributed by atoms with Crippen LogP contribution in [0.15, 0.2) is 30.5 Å². The number of aryl methyl sites for hydroxylation is 1. The average Bonchev–Trinajstić information content (AvgIpc) is 2.96. The molecule has 7 heteroatoms. The first-order chi connectivity index (χ1) is 10.3. The summed E-state index contributed by atoms with van der Waals surface area (Å²) in [7, 11) is 0. The molecule has 2 N–H and O–H groups in total. The summed E-state index contributed by atoms with van der Waals surface area (Å²) < 4.78 is 0. The number of hydrazine groups is 1. The Morgan fingerprint density at radius 2 is 2.00 bits per heavy atom. The van der Waals surface area contributed by atoms with Crippen molar-refractivity contribution in [1.82, 2.24) is 25.8 Å². The fraction of sp³-hybridized carbons (Fsp3) is 0.333. The van der Waals surface area contributed by atoms with Crippen LogP contribution in [0.2, 0.25) is 0 Å². The molecule has 0 bridgehead atoms. The molecule has 0 aliphatic carbocycles. The van der Waals surface area contributed by atoms with Crippen molar-refractivity contribution in [1.29, 1.82) is 0 Å². The van der Waals surface area contributed by atoms with Crippen LogP contribution < -0.4 is 5.43 Å². The maximum Gasteiger partial charge on any atom is 0.294 e. The molecule has 0 unspecified atom stereocenters. The van der Waals surface area contributed by atoms with Crippen molar-refractivity contribution in [2.24, 2.45) is 0 Å². The molecule has 0 radical (unpaired) electrons. The van der Waals surface area contributed by atoms with E-state index in [4.69, 9.17) is 0 Å². The molecule has 2 rings (SSSR count). The normalized spacial score (nSPS) is 11.1. The molecule has 1 heterocycles. The van der Waals surface area contributed by atoms with E-state index in [9.17, 15) is 9.59 Å². The van der Waals surface area contributed by atoms with Gasteiger partial charge in [-0.2, -0.15) is 15.4 Å². The van der Waals surface area contributed by atoms with Gasteiger partial charge in [0.25, 0.3) is 11.8 Å². The summed E-state index contributed by atoms with van der Waals surface area (Å²) in [5.74, 6) is -0.780. The number of hydrogen-bond acceptors (Lipinski definition) is 4. The van der Waals surface area contributed by atoms with E-state index in [-0.39, 0.29) is 11.6 Å². The van der Waals surface area contributed by atoms with Crippen molar-refractivity contribution in [3.05, 3.63) is 47.3 Å². The average molecular weight is 301 g/mol. The number of carbonyl (C=O) groups is 2. The van der Waals surface area contributed by atoms with Crippen LogP contribution in [0.25, 0.3) is 0 Å². The van der Waals surface area contributed by atoms with E-state index in [1.165, 1.54) is 11.2 Å². The van der Waals surface area contributed by atoms with Crippen LogP contribution in [-0.2, 0) is 0 Å². The molecule has 0 aliphatic rings. The van der Waals surface area contributed by atoms with Gasteiger partial charge in [-0.3, -0.25) is 15.0 Å². The SMILES string of the molecule is Cc1cccc(C(=O)NN(C(=O)c2cn[nH]n2)C(C)(C)C)c1. The molecule has 2 aromatic rings. The number of aromatic amines is 1. The molecule has 0 aliphatic heterocycles. The minimum atomic E-state index is -0.616. The van der Waals surface area contributed by atoms with Gasteiger partial charge in [-0.15, -0.1) is 0 Å². The molecule has 116 valence electrons. The first-order valence-electron chi connectivity index (χ1n) is 6.87. The zero-order valence-corrected chi connectivity index (χ0v) is 13.0. The second-order valence-electron chi connectivity index (χ2n) is 5.98. The van der Waals surface area contributed by atoms with Crippen LogP contribution in [0.5, 0.6) is 0 Å². The van der Waals surface area contributed by atoms with Crippen LogP contribution in [0.1, 0.15) is 47.2 Å². The van der Waals surface area contributed by atoms with Gasteiger partial charge in [-0.05, 0) is 39.8 Å². The molecule has 0 spiro atoms. The Morgan fingerprint density at radius 3 is 2.55 bits per heavy atom. The van der Waals surface area contributed by atoms with Crippen LogP contribution in [0.4, 0.5) is 0 Å². The molecule has 0 saturated carbocycles. The van der Waals surface area contributed by atoms with Crippen molar-refractivity contribution in [2.45, 2.75) is 33.2 Å². The zero-order chi connectivity index (χ0) is 16.3. The summed E-state index contributed by atoms with van der Waals surface area (Å²) in [6, 6.07) is 7.16. The highest BCUT2D eigenvalue weighted by molar-refractivity contribution is 5.98. The highest BCUT2D eigenvalue weighted by atomic mass is 16.2. The van der Waals surface area contributed by atoms with Gasteiger partial charge in [0.1, 0.15) is 0 Å².